The zero-order chi connectivity index (χ0) is 19.7. The van der Waals surface area contributed by atoms with E-state index in [-0.39, 0.29) is 22.1 Å². The number of rotatable bonds is 4. The number of ether oxygens (including phenoxy) is 2. The summed E-state index contributed by atoms with van der Waals surface area (Å²) < 4.78 is 11.8. The van der Waals surface area contributed by atoms with Crippen molar-refractivity contribution < 1.29 is 19.1 Å². The summed E-state index contributed by atoms with van der Waals surface area (Å²) in [4.78, 5) is 26.6. The van der Waals surface area contributed by atoms with Crippen LogP contribution < -0.4 is 0 Å². The van der Waals surface area contributed by atoms with Crippen molar-refractivity contribution in [1.29, 1.82) is 0 Å². The molecule has 2 aliphatic rings. The van der Waals surface area contributed by atoms with Gasteiger partial charge in [-0.2, -0.15) is 0 Å². The number of Topliss-reactive ketones (excluding diaryl/α,β-unsaturated/α-hetero) is 2. The zero-order valence-corrected chi connectivity index (χ0v) is 16.9. The summed E-state index contributed by atoms with van der Waals surface area (Å²) in [7, 11) is 0. The predicted molar refractivity (Wildman–Crippen MR) is 109 cm³/mol. The Balaban J connectivity index is 1.64. The third-order valence-corrected chi connectivity index (χ3v) is 6.60. The lowest BCUT2D eigenvalue weighted by atomic mass is 9.97. The van der Waals surface area contributed by atoms with Crippen molar-refractivity contribution in [2.45, 2.75) is 55.2 Å². The van der Waals surface area contributed by atoms with E-state index in [9.17, 15) is 9.59 Å². The number of hydrogen-bond acceptors (Lipinski definition) is 5. The SMILES string of the molecule is CC1(C)OC2C(=O)C(Cc3ccccc3)SC(Cc3ccccc3)C(=O)C2O1. The first-order valence-corrected chi connectivity index (χ1v) is 10.5. The van der Waals surface area contributed by atoms with Crippen LogP contribution in [-0.2, 0) is 31.9 Å². The third kappa shape index (κ3) is 4.07. The lowest BCUT2D eigenvalue weighted by molar-refractivity contribution is -0.158. The van der Waals surface area contributed by atoms with Gasteiger partial charge in [0.15, 0.2) is 29.6 Å². The fraction of sp³-hybridized carbons (Fsp3) is 0.391. The minimum Gasteiger partial charge on any atom is -0.336 e. The molecule has 5 heteroatoms. The van der Waals surface area contributed by atoms with Crippen LogP contribution in [0.25, 0.3) is 0 Å². The topological polar surface area (TPSA) is 52.6 Å². The summed E-state index contributed by atoms with van der Waals surface area (Å²) in [5, 5.41) is -0.680. The molecule has 2 aliphatic heterocycles. The van der Waals surface area contributed by atoms with Gasteiger partial charge in [0.1, 0.15) is 0 Å². The number of ketones is 2. The highest BCUT2D eigenvalue weighted by atomic mass is 32.2. The van der Waals surface area contributed by atoms with Crippen molar-refractivity contribution in [3.8, 4) is 0 Å². The minimum atomic E-state index is -0.933. The second-order valence-electron chi connectivity index (χ2n) is 7.77. The van der Waals surface area contributed by atoms with E-state index in [1.54, 1.807) is 13.8 Å². The smallest absolute Gasteiger partial charge is 0.178 e. The van der Waals surface area contributed by atoms with Crippen LogP contribution in [0, 0.1) is 0 Å². The second-order valence-corrected chi connectivity index (χ2v) is 9.18. The average Bonchev–Trinajstić information content (AvgIpc) is 2.99. The monoisotopic (exact) mass is 396 g/mol. The van der Waals surface area contributed by atoms with Gasteiger partial charge in [-0.15, -0.1) is 11.8 Å². The molecule has 0 amide bonds. The van der Waals surface area contributed by atoms with Crippen LogP contribution in [0.3, 0.4) is 0 Å². The molecule has 2 aromatic rings. The first kappa shape index (κ1) is 19.4. The number of fused-ring (bicyclic) bond motifs is 1. The van der Waals surface area contributed by atoms with Crippen molar-refractivity contribution in [1.82, 2.24) is 0 Å². The van der Waals surface area contributed by atoms with E-state index in [4.69, 9.17) is 9.47 Å². The van der Waals surface area contributed by atoms with Crippen LogP contribution in [0.1, 0.15) is 25.0 Å². The Hall–Kier alpha value is -1.95. The van der Waals surface area contributed by atoms with Crippen LogP contribution in [0.2, 0.25) is 0 Å². The molecule has 2 saturated heterocycles. The van der Waals surface area contributed by atoms with Crippen molar-refractivity contribution in [3.63, 3.8) is 0 Å². The summed E-state index contributed by atoms with van der Waals surface area (Å²) in [6.07, 6.45) is -0.500. The van der Waals surface area contributed by atoms with Crippen molar-refractivity contribution in [3.05, 3.63) is 71.8 Å². The summed E-state index contributed by atoms with van der Waals surface area (Å²) in [6.45, 7) is 3.52. The van der Waals surface area contributed by atoms with Gasteiger partial charge in [0.05, 0.1) is 10.5 Å². The Labute approximate surface area is 169 Å². The molecular formula is C23H24O4S. The number of benzene rings is 2. The van der Waals surface area contributed by atoms with E-state index in [1.807, 2.05) is 60.7 Å². The molecule has 0 radical (unpaired) electrons. The fourth-order valence-electron chi connectivity index (χ4n) is 3.83. The molecule has 2 heterocycles. The second kappa shape index (κ2) is 7.82. The van der Waals surface area contributed by atoms with Crippen LogP contribution >= 0.6 is 11.8 Å². The molecule has 0 aromatic heterocycles. The van der Waals surface area contributed by atoms with Gasteiger partial charge in [0.25, 0.3) is 0 Å². The van der Waals surface area contributed by atoms with E-state index in [1.165, 1.54) is 11.8 Å². The molecule has 2 aromatic carbocycles. The highest BCUT2D eigenvalue weighted by Crippen LogP contribution is 2.39. The lowest BCUT2D eigenvalue weighted by Gasteiger charge is -2.22. The van der Waals surface area contributed by atoms with E-state index >= 15 is 0 Å². The van der Waals surface area contributed by atoms with Gasteiger partial charge in [-0.3, -0.25) is 9.59 Å². The first-order valence-electron chi connectivity index (χ1n) is 9.59. The average molecular weight is 397 g/mol. The Bertz CT molecular complexity index is 780. The van der Waals surface area contributed by atoms with Gasteiger partial charge in [0.2, 0.25) is 0 Å². The van der Waals surface area contributed by atoms with E-state index in [0.717, 1.165) is 11.1 Å². The number of hydrogen-bond donors (Lipinski definition) is 0. The summed E-state index contributed by atoms with van der Waals surface area (Å²) in [6, 6.07) is 19.8. The molecule has 0 saturated carbocycles. The number of carbonyl (C=O) groups excluding carboxylic acids is 2. The molecule has 4 atom stereocenters. The molecule has 4 nitrogen and oxygen atoms in total. The van der Waals surface area contributed by atoms with Crippen molar-refractivity contribution in [2.24, 2.45) is 0 Å². The van der Waals surface area contributed by atoms with Gasteiger partial charge < -0.3 is 9.47 Å². The van der Waals surface area contributed by atoms with Gasteiger partial charge in [-0.05, 0) is 37.8 Å². The third-order valence-electron chi connectivity index (χ3n) is 5.15. The largest absolute Gasteiger partial charge is 0.336 e. The summed E-state index contributed by atoms with van der Waals surface area (Å²) in [5.41, 5.74) is 2.16. The molecule has 0 bridgehead atoms. The van der Waals surface area contributed by atoms with Gasteiger partial charge in [-0.1, -0.05) is 60.7 Å². The molecular weight excluding hydrogens is 372 g/mol. The Morgan fingerprint density at radius 2 is 1.14 bits per heavy atom. The standard InChI is InChI=1S/C23H24O4S/c1-23(2)26-21-19(24)17(13-15-9-5-3-6-10-15)28-18(20(25)22(21)27-23)14-16-11-7-4-8-12-16/h3-12,17-18,21-22H,13-14H2,1-2H3. The maximum absolute atomic E-state index is 13.3. The van der Waals surface area contributed by atoms with Crippen LogP contribution in [0.5, 0.6) is 0 Å². The molecule has 4 unspecified atom stereocenters. The van der Waals surface area contributed by atoms with Gasteiger partial charge >= 0.3 is 0 Å². The van der Waals surface area contributed by atoms with Crippen LogP contribution in [0.15, 0.2) is 60.7 Å². The molecule has 4 rings (SSSR count). The normalized spacial score (nSPS) is 29.4. The summed E-state index contributed by atoms with van der Waals surface area (Å²) in [5.74, 6) is -1.03. The van der Waals surface area contributed by atoms with E-state index < -0.39 is 18.0 Å². The zero-order valence-electron chi connectivity index (χ0n) is 16.0. The number of thioether (sulfide) groups is 1. The maximum Gasteiger partial charge on any atom is 0.178 e. The van der Waals surface area contributed by atoms with Crippen molar-refractivity contribution in [2.75, 3.05) is 0 Å². The molecule has 146 valence electrons. The molecule has 0 aliphatic carbocycles. The number of carbonyl (C=O) groups is 2. The Kier molecular flexibility index (Phi) is 5.41. The maximum atomic E-state index is 13.3. The highest BCUT2D eigenvalue weighted by molar-refractivity contribution is 8.02. The van der Waals surface area contributed by atoms with E-state index in [2.05, 4.69) is 0 Å². The lowest BCUT2D eigenvalue weighted by Crippen LogP contribution is -2.40. The van der Waals surface area contributed by atoms with Gasteiger partial charge in [-0.25, -0.2) is 0 Å². The minimum absolute atomic E-state index is 0.0478. The molecule has 2 fully saturated rings. The molecule has 28 heavy (non-hydrogen) atoms. The predicted octanol–water partition coefficient (Wildman–Crippen LogP) is 3.61. The Morgan fingerprint density at radius 3 is 1.54 bits per heavy atom. The van der Waals surface area contributed by atoms with E-state index in [0.29, 0.717) is 12.8 Å². The summed E-state index contributed by atoms with van der Waals surface area (Å²) >= 11 is 1.46. The fourth-order valence-corrected chi connectivity index (χ4v) is 5.34. The van der Waals surface area contributed by atoms with Crippen LogP contribution in [0.4, 0.5) is 0 Å². The Morgan fingerprint density at radius 1 is 0.750 bits per heavy atom. The van der Waals surface area contributed by atoms with Crippen LogP contribution in [-0.4, -0.2) is 40.1 Å². The van der Waals surface area contributed by atoms with Crippen molar-refractivity contribution >= 4 is 23.3 Å². The highest BCUT2D eigenvalue weighted by Gasteiger charge is 2.54. The van der Waals surface area contributed by atoms with Gasteiger partial charge in [0, 0.05) is 0 Å². The first-order chi connectivity index (χ1) is 13.4. The molecule has 0 N–H and O–H groups in total. The quantitative estimate of drug-likeness (QED) is 0.790. The molecule has 0 spiro atoms.